The topological polar surface area (TPSA) is 114 Å². The van der Waals surface area contributed by atoms with Gasteiger partial charge in [-0.05, 0) is 134 Å². The summed E-state index contributed by atoms with van der Waals surface area (Å²) in [4.78, 5) is 21.1. The Morgan fingerprint density at radius 1 is 0.581 bits per heavy atom. The lowest BCUT2D eigenvalue weighted by Crippen LogP contribution is -1.90. The molecule has 2 aliphatic rings. The minimum Gasteiger partial charge on any atom is -0.396 e. The van der Waals surface area contributed by atoms with Gasteiger partial charge >= 0.3 is 0 Å². The fraction of sp³-hybridized carbons (Fsp3) is 0.333. The van der Waals surface area contributed by atoms with E-state index in [1.807, 2.05) is 0 Å². The number of hydrogen-bond acceptors (Lipinski definition) is 4. The largest absolute Gasteiger partial charge is 0.396 e. The summed E-state index contributed by atoms with van der Waals surface area (Å²) < 4.78 is 0. The summed E-state index contributed by atoms with van der Waals surface area (Å²) in [5, 5.41) is 19.3. The first kappa shape index (κ1) is 28.9. The normalized spacial score (nSPS) is 13.4. The maximum Gasteiger partial charge on any atom is 0.0694 e. The third kappa shape index (κ3) is 5.51. The zero-order chi connectivity index (χ0) is 30.1. The Morgan fingerprint density at radius 2 is 1.16 bits per heavy atom. The summed E-state index contributed by atoms with van der Waals surface area (Å²) in [6.45, 7) is 8.96. The lowest BCUT2D eigenvalue weighted by Gasteiger charge is -2.05. The first-order valence-corrected chi connectivity index (χ1v) is 15.5. The van der Waals surface area contributed by atoms with Crippen LogP contribution in [0.15, 0.2) is 48.5 Å². The maximum absolute atomic E-state index is 9.66. The molecule has 0 saturated carbocycles. The molecule has 4 aromatic rings. The fourth-order valence-electron chi connectivity index (χ4n) is 6.46. The van der Waals surface area contributed by atoms with Crippen LogP contribution in [0.5, 0.6) is 0 Å². The highest BCUT2D eigenvalue weighted by Gasteiger charge is 2.21. The minimum absolute atomic E-state index is 0.142. The third-order valence-corrected chi connectivity index (χ3v) is 8.79. The van der Waals surface area contributed by atoms with Crippen LogP contribution in [0.1, 0.15) is 86.8 Å². The van der Waals surface area contributed by atoms with Gasteiger partial charge in [-0.3, -0.25) is 0 Å². The maximum atomic E-state index is 9.66. The molecule has 0 unspecified atom stereocenters. The molecule has 0 fully saturated rings. The first-order chi connectivity index (χ1) is 20.9. The van der Waals surface area contributed by atoms with E-state index in [0.717, 1.165) is 92.7 Å². The number of aliphatic hydroxyl groups excluding tert-OH is 2. The van der Waals surface area contributed by atoms with Gasteiger partial charge in [0.25, 0.3) is 0 Å². The summed E-state index contributed by atoms with van der Waals surface area (Å²) in [7, 11) is 0. The Bertz CT molecular complexity index is 1950. The second-order valence-corrected chi connectivity index (χ2v) is 11.5. The van der Waals surface area contributed by atoms with Crippen LogP contribution >= 0.6 is 0 Å². The van der Waals surface area contributed by atoms with Crippen molar-refractivity contribution in [3.05, 3.63) is 82.4 Å². The number of allylic oxidation sites excluding steroid dienone is 4. The van der Waals surface area contributed by atoms with Crippen LogP contribution in [-0.4, -0.2) is 48.3 Å². The predicted octanol–water partition coefficient (Wildman–Crippen LogP) is 8.03. The lowest BCUT2D eigenvalue weighted by atomic mass is 9.98. The van der Waals surface area contributed by atoms with Gasteiger partial charge in [-0.15, -0.1) is 0 Å². The Balaban J connectivity index is 1.72. The van der Waals surface area contributed by atoms with Crippen LogP contribution in [-0.2, 0) is 6.42 Å². The number of aromatic nitrogens is 5. The predicted molar refractivity (Wildman–Crippen MR) is 178 cm³/mol. The molecule has 6 rings (SSSR count). The Labute approximate surface area is 252 Å². The van der Waals surface area contributed by atoms with Crippen LogP contribution < -0.4 is 0 Å². The highest BCUT2D eigenvalue weighted by atomic mass is 16.3. The fourth-order valence-corrected chi connectivity index (χ4v) is 6.46. The van der Waals surface area contributed by atoms with Gasteiger partial charge in [0.1, 0.15) is 0 Å². The van der Waals surface area contributed by atoms with Gasteiger partial charge < -0.3 is 25.2 Å². The van der Waals surface area contributed by atoms with Gasteiger partial charge in [0.05, 0.1) is 33.8 Å². The van der Waals surface area contributed by atoms with Crippen LogP contribution in [0.3, 0.4) is 0 Å². The van der Waals surface area contributed by atoms with Gasteiger partial charge in [-0.25, -0.2) is 9.97 Å². The van der Waals surface area contributed by atoms with E-state index in [2.05, 4.69) is 91.2 Å². The van der Waals surface area contributed by atoms with Gasteiger partial charge in [-0.1, -0.05) is 13.8 Å². The van der Waals surface area contributed by atoms with E-state index < -0.39 is 0 Å². The number of nitrogens with zero attached hydrogens (tertiary/aromatic N) is 2. The summed E-state index contributed by atoms with van der Waals surface area (Å²) in [5.74, 6) is 0. The average Bonchev–Trinajstić information content (AvgIpc) is 3.81. The minimum atomic E-state index is 0.142. The van der Waals surface area contributed by atoms with Crippen molar-refractivity contribution in [2.45, 2.75) is 66.2 Å². The molecule has 7 heteroatoms. The van der Waals surface area contributed by atoms with Crippen LogP contribution in [0.4, 0.5) is 0 Å². The van der Waals surface area contributed by atoms with Crippen molar-refractivity contribution in [1.29, 1.82) is 0 Å². The zero-order valence-corrected chi connectivity index (χ0v) is 25.6. The van der Waals surface area contributed by atoms with Gasteiger partial charge in [0.2, 0.25) is 0 Å². The Kier molecular flexibility index (Phi) is 8.19. The number of nitrogens with one attached hydrogen (secondary N) is 3. The number of aryl methyl sites for hydroxylation is 2. The van der Waals surface area contributed by atoms with Gasteiger partial charge in [-0.2, -0.15) is 0 Å². The molecule has 0 radical (unpaired) electrons. The summed E-state index contributed by atoms with van der Waals surface area (Å²) in [6.07, 6.45) is 4.68. The molecule has 7 nitrogen and oxygen atoms in total. The first-order valence-electron chi connectivity index (χ1n) is 15.5. The SMILES string of the molecule is CCC1=C(CC)c2cc3[nH]c(cc4ccc([nH]4)c4ccc(cc5nc(cc1n2)C(CCCO)=C5C)[nH]4)c(C)c3CCCO. The van der Waals surface area contributed by atoms with E-state index >= 15 is 0 Å². The van der Waals surface area contributed by atoms with Crippen molar-refractivity contribution < 1.29 is 10.2 Å². The molecule has 6 heterocycles. The molecular formula is C36H41N5O2. The molecule has 222 valence electrons. The summed E-state index contributed by atoms with van der Waals surface area (Å²) in [5.41, 5.74) is 17.1. The number of H-pyrrole nitrogens is 3. The molecule has 0 aliphatic carbocycles. The molecule has 10 bridgehead atoms. The van der Waals surface area contributed by atoms with Crippen LogP contribution in [0.25, 0.3) is 55.4 Å². The van der Waals surface area contributed by atoms with Crippen molar-refractivity contribution in [1.82, 2.24) is 24.9 Å². The molecule has 4 aromatic heterocycles. The molecule has 0 spiro atoms. The van der Waals surface area contributed by atoms with Gasteiger partial charge in [0, 0.05) is 35.3 Å². The number of hydrogen-bond donors (Lipinski definition) is 5. The smallest absolute Gasteiger partial charge is 0.0694 e. The molecular weight excluding hydrogens is 534 g/mol. The molecule has 5 N–H and O–H groups in total. The second kappa shape index (κ2) is 12.2. The quantitative estimate of drug-likeness (QED) is 0.146. The van der Waals surface area contributed by atoms with Crippen molar-refractivity contribution >= 4 is 55.4 Å². The lowest BCUT2D eigenvalue weighted by molar-refractivity contribution is 0.288. The average molecular weight is 576 g/mol. The van der Waals surface area contributed by atoms with E-state index in [0.29, 0.717) is 12.8 Å². The highest BCUT2D eigenvalue weighted by molar-refractivity contribution is 5.96. The Morgan fingerprint density at radius 3 is 1.81 bits per heavy atom. The van der Waals surface area contributed by atoms with E-state index in [1.165, 1.54) is 22.3 Å². The molecule has 0 aromatic carbocycles. The molecule has 0 amide bonds. The number of fused-ring (bicyclic) bond motifs is 11. The van der Waals surface area contributed by atoms with E-state index in [4.69, 9.17) is 9.97 Å². The molecule has 0 saturated heterocycles. The van der Waals surface area contributed by atoms with E-state index in [9.17, 15) is 10.2 Å². The van der Waals surface area contributed by atoms with Crippen molar-refractivity contribution in [3.8, 4) is 0 Å². The monoisotopic (exact) mass is 575 g/mol. The summed E-state index contributed by atoms with van der Waals surface area (Å²) >= 11 is 0. The van der Waals surface area contributed by atoms with Crippen molar-refractivity contribution in [3.63, 3.8) is 0 Å². The molecule has 43 heavy (non-hydrogen) atoms. The number of aromatic amines is 3. The molecule has 2 aliphatic heterocycles. The van der Waals surface area contributed by atoms with Gasteiger partial charge in [0.15, 0.2) is 0 Å². The van der Waals surface area contributed by atoms with Crippen LogP contribution in [0, 0.1) is 6.92 Å². The summed E-state index contributed by atoms with van der Waals surface area (Å²) in [6, 6.07) is 17.0. The highest BCUT2D eigenvalue weighted by Crippen LogP contribution is 2.38. The molecule has 0 atom stereocenters. The standard InChI is InChI=1S/C36H41N5O2/c1-5-25-26(6-2)34-20-36-28(10-8-16-43)22(4)32(40-36)18-24-12-14-30(38-24)29-13-11-23(37-29)17-31-21(3)27(9-7-15-42)35(39-31)19-33(25)41-34/h11-14,17-20,37-39,42-43H,5-10,15-16H2,1-4H3. The third-order valence-electron chi connectivity index (χ3n) is 8.79. The van der Waals surface area contributed by atoms with Crippen molar-refractivity contribution in [2.24, 2.45) is 0 Å². The zero-order valence-electron chi connectivity index (χ0n) is 25.6. The van der Waals surface area contributed by atoms with Crippen molar-refractivity contribution in [2.75, 3.05) is 13.2 Å². The van der Waals surface area contributed by atoms with E-state index in [1.54, 1.807) is 0 Å². The number of aliphatic hydroxyl groups is 2. The van der Waals surface area contributed by atoms with Crippen LogP contribution in [0.2, 0.25) is 0 Å². The number of rotatable bonds is 8. The Hall–Kier alpha value is -4.20. The second-order valence-electron chi connectivity index (χ2n) is 11.5. The van der Waals surface area contributed by atoms with E-state index in [-0.39, 0.29) is 13.2 Å².